The minimum absolute atomic E-state index is 0.103. The maximum absolute atomic E-state index is 11.3. The van der Waals surface area contributed by atoms with Gasteiger partial charge in [-0.3, -0.25) is 0 Å². The van der Waals surface area contributed by atoms with E-state index in [9.17, 15) is 4.79 Å². The van der Waals surface area contributed by atoms with Crippen molar-refractivity contribution in [3.63, 3.8) is 0 Å². The molecule has 5 nitrogen and oxygen atoms in total. The first-order valence-corrected chi connectivity index (χ1v) is 6.18. The van der Waals surface area contributed by atoms with Gasteiger partial charge in [0.15, 0.2) is 0 Å². The molecule has 1 aromatic heterocycles. The lowest BCUT2D eigenvalue weighted by Gasteiger charge is -2.42. The molecule has 2 heterocycles. The van der Waals surface area contributed by atoms with Crippen LogP contribution in [0.3, 0.4) is 0 Å². The fraction of sp³-hybridized carbons (Fsp3) is 0.462. The quantitative estimate of drug-likeness (QED) is 0.746. The first-order chi connectivity index (χ1) is 8.73. The average Bonchev–Trinajstić information content (AvgIpc) is 2.67. The number of nitrogens with one attached hydrogen (secondary N) is 3. The number of aromatic nitrogens is 2. The molecule has 2 aromatic rings. The molecule has 0 amide bonds. The molecule has 18 heavy (non-hydrogen) atoms. The lowest BCUT2D eigenvalue weighted by molar-refractivity contribution is -0.0637. The van der Waals surface area contributed by atoms with E-state index < -0.39 is 0 Å². The van der Waals surface area contributed by atoms with Gasteiger partial charge in [0.25, 0.3) is 0 Å². The molecular formula is C13H17N3O2. The maximum Gasteiger partial charge on any atom is 0.323 e. The molecule has 0 unspecified atom stereocenters. The molecule has 1 aliphatic rings. The van der Waals surface area contributed by atoms with Gasteiger partial charge >= 0.3 is 5.69 Å². The van der Waals surface area contributed by atoms with Crippen LogP contribution in [0.1, 0.15) is 12.0 Å². The molecule has 0 aliphatic carbocycles. The predicted octanol–water partition coefficient (Wildman–Crippen LogP) is 0.734. The Hall–Kier alpha value is -1.59. The van der Waals surface area contributed by atoms with E-state index in [-0.39, 0.29) is 11.1 Å². The van der Waals surface area contributed by atoms with Crippen LogP contribution in [0.15, 0.2) is 23.0 Å². The molecule has 1 fully saturated rings. The monoisotopic (exact) mass is 247 g/mol. The number of hydrogen-bond acceptors (Lipinski definition) is 3. The van der Waals surface area contributed by atoms with Gasteiger partial charge in [-0.05, 0) is 37.7 Å². The van der Waals surface area contributed by atoms with Gasteiger partial charge in [-0.2, -0.15) is 0 Å². The Morgan fingerprint density at radius 3 is 2.78 bits per heavy atom. The number of rotatable bonds is 4. The molecule has 0 spiro atoms. The van der Waals surface area contributed by atoms with Gasteiger partial charge in [0, 0.05) is 5.41 Å². The number of H-pyrrole nitrogens is 2. The van der Waals surface area contributed by atoms with E-state index >= 15 is 0 Å². The van der Waals surface area contributed by atoms with Crippen molar-refractivity contribution in [3.8, 4) is 0 Å². The van der Waals surface area contributed by atoms with Crippen LogP contribution in [0.25, 0.3) is 11.0 Å². The van der Waals surface area contributed by atoms with Crippen molar-refractivity contribution in [1.82, 2.24) is 15.3 Å². The van der Waals surface area contributed by atoms with Crippen molar-refractivity contribution in [3.05, 3.63) is 34.2 Å². The van der Waals surface area contributed by atoms with Crippen molar-refractivity contribution in [1.29, 1.82) is 0 Å². The summed E-state index contributed by atoms with van der Waals surface area (Å²) in [6, 6.07) is 6.11. The van der Waals surface area contributed by atoms with Crippen LogP contribution in [-0.4, -0.2) is 36.8 Å². The highest BCUT2D eigenvalue weighted by Crippen LogP contribution is 2.36. The molecular weight excluding hydrogens is 230 g/mol. The summed E-state index contributed by atoms with van der Waals surface area (Å²) in [4.78, 5) is 16.8. The summed E-state index contributed by atoms with van der Waals surface area (Å²) in [5.74, 6) is 0. The summed E-state index contributed by atoms with van der Waals surface area (Å²) in [7, 11) is 1.96. The number of benzene rings is 1. The largest absolute Gasteiger partial charge is 0.379 e. The summed E-state index contributed by atoms with van der Waals surface area (Å²) < 4.78 is 5.40. The fourth-order valence-corrected chi connectivity index (χ4v) is 2.53. The van der Waals surface area contributed by atoms with Crippen LogP contribution in [0.2, 0.25) is 0 Å². The van der Waals surface area contributed by atoms with E-state index in [0.29, 0.717) is 0 Å². The van der Waals surface area contributed by atoms with E-state index in [4.69, 9.17) is 4.74 Å². The highest BCUT2D eigenvalue weighted by atomic mass is 16.5. The van der Waals surface area contributed by atoms with E-state index in [2.05, 4.69) is 27.4 Å². The maximum atomic E-state index is 11.3. The van der Waals surface area contributed by atoms with Crippen molar-refractivity contribution in [2.75, 3.05) is 26.8 Å². The zero-order chi connectivity index (χ0) is 12.6. The molecule has 0 saturated carbocycles. The summed E-state index contributed by atoms with van der Waals surface area (Å²) in [6.45, 7) is 2.48. The topological polar surface area (TPSA) is 69.9 Å². The van der Waals surface area contributed by atoms with Crippen LogP contribution >= 0.6 is 0 Å². The molecule has 1 aromatic carbocycles. The van der Waals surface area contributed by atoms with Gasteiger partial charge < -0.3 is 20.0 Å². The molecule has 0 atom stereocenters. The number of hydrogen-bond donors (Lipinski definition) is 3. The minimum atomic E-state index is -0.156. The number of ether oxygens (including phenoxy) is 1. The second kappa shape index (κ2) is 4.26. The Kier molecular flexibility index (Phi) is 2.72. The Morgan fingerprint density at radius 2 is 2.11 bits per heavy atom. The fourth-order valence-electron chi connectivity index (χ4n) is 2.53. The lowest BCUT2D eigenvalue weighted by Crippen LogP contribution is -2.48. The number of aromatic amines is 2. The molecule has 0 radical (unpaired) electrons. The summed E-state index contributed by atoms with van der Waals surface area (Å²) >= 11 is 0. The van der Waals surface area contributed by atoms with E-state index in [1.54, 1.807) is 0 Å². The SMILES string of the molecule is CNCCC1(c2ccc3[nH]c(=O)[nH]c3c2)COC1. The molecule has 0 bridgehead atoms. The van der Waals surface area contributed by atoms with E-state index in [0.717, 1.165) is 37.2 Å². The van der Waals surface area contributed by atoms with Gasteiger partial charge in [0.1, 0.15) is 0 Å². The van der Waals surface area contributed by atoms with Crippen molar-refractivity contribution >= 4 is 11.0 Å². The second-order valence-electron chi connectivity index (χ2n) is 4.97. The van der Waals surface area contributed by atoms with Gasteiger partial charge in [0.05, 0.1) is 24.2 Å². The highest BCUT2D eigenvalue weighted by molar-refractivity contribution is 5.75. The smallest absolute Gasteiger partial charge is 0.323 e. The zero-order valence-corrected chi connectivity index (χ0v) is 10.4. The van der Waals surface area contributed by atoms with Gasteiger partial charge in [0.2, 0.25) is 0 Å². The van der Waals surface area contributed by atoms with Crippen molar-refractivity contribution in [2.24, 2.45) is 0 Å². The number of fused-ring (bicyclic) bond motifs is 1. The van der Waals surface area contributed by atoms with Crippen LogP contribution in [0, 0.1) is 0 Å². The van der Waals surface area contributed by atoms with Gasteiger partial charge in [-0.1, -0.05) is 6.07 Å². The first kappa shape index (κ1) is 11.5. The van der Waals surface area contributed by atoms with Crippen LogP contribution in [0.4, 0.5) is 0 Å². The molecule has 3 N–H and O–H groups in total. The van der Waals surface area contributed by atoms with Crippen LogP contribution in [0.5, 0.6) is 0 Å². The molecule has 96 valence electrons. The summed E-state index contributed by atoms with van der Waals surface area (Å²) in [5, 5.41) is 3.18. The second-order valence-corrected chi connectivity index (χ2v) is 4.97. The van der Waals surface area contributed by atoms with Crippen LogP contribution in [-0.2, 0) is 10.2 Å². The summed E-state index contributed by atoms with van der Waals surface area (Å²) in [6.07, 6.45) is 1.05. The predicted molar refractivity (Wildman–Crippen MR) is 70.0 cm³/mol. The van der Waals surface area contributed by atoms with Crippen molar-refractivity contribution < 1.29 is 4.74 Å². The Bertz CT molecular complexity index is 610. The third-order valence-corrected chi connectivity index (χ3v) is 3.74. The van der Waals surface area contributed by atoms with Gasteiger partial charge in [-0.25, -0.2) is 4.79 Å². The molecule has 5 heteroatoms. The molecule has 1 saturated heterocycles. The van der Waals surface area contributed by atoms with Crippen molar-refractivity contribution in [2.45, 2.75) is 11.8 Å². The first-order valence-electron chi connectivity index (χ1n) is 6.18. The van der Waals surface area contributed by atoms with E-state index in [1.165, 1.54) is 5.56 Å². The number of imidazole rings is 1. The summed E-state index contributed by atoms with van der Waals surface area (Å²) in [5.41, 5.74) is 2.91. The highest BCUT2D eigenvalue weighted by Gasteiger charge is 2.39. The van der Waals surface area contributed by atoms with E-state index in [1.807, 2.05) is 13.1 Å². The van der Waals surface area contributed by atoms with Crippen LogP contribution < -0.4 is 11.0 Å². The Morgan fingerprint density at radius 1 is 1.33 bits per heavy atom. The zero-order valence-electron chi connectivity index (χ0n) is 10.4. The lowest BCUT2D eigenvalue weighted by atomic mass is 9.76. The molecule has 3 rings (SSSR count). The Balaban J connectivity index is 1.99. The minimum Gasteiger partial charge on any atom is -0.379 e. The normalized spacial score (nSPS) is 17.8. The third-order valence-electron chi connectivity index (χ3n) is 3.74. The molecule has 1 aliphatic heterocycles. The average molecular weight is 247 g/mol. The third kappa shape index (κ3) is 1.76. The Labute approximate surface area is 105 Å². The standard InChI is InChI=1S/C13H17N3O2/c1-14-5-4-13(7-18-8-13)9-2-3-10-11(6-9)16-12(17)15-10/h2-3,6,14H,4-5,7-8H2,1H3,(H2,15,16,17). The van der Waals surface area contributed by atoms with Gasteiger partial charge in [-0.15, -0.1) is 0 Å².